The Bertz CT molecular complexity index is 569. The summed E-state index contributed by atoms with van der Waals surface area (Å²) in [7, 11) is -1.58. The molecule has 1 aliphatic rings. The van der Waals surface area contributed by atoms with Crippen molar-refractivity contribution in [1.29, 1.82) is 0 Å². The van der Waals surface area contributed by atoms with Crippen LogP contribution < -0.4 is 5.14 Å². The van der Waals surface area contributed by atoms with E-state index >= 15 is 0 Å². The van der Waals surface area contributed by atoms with Gasteiger partial charge in [0, 0.05) is 37.2 Å². The molecule has 5 nitrogen and oxygen atoms in total. The van der Waals surface area contributed by atoms with Crippen LogP contribution in [0.2, 0.25) is 0 Å². The van der Waals surface area contributed by atoms with Gasteiger partial charge in [-0.25, -0.2) is 13.6 Å². The monoisotopic (exact) mass is 361 g/mol. The number of hydrogen-bond acceptors (Lipinski definition) is 4. The molecule has 0 bridgehead atoms. The smallest absolute Gasteiger partial charge is 0.239 e. The van der Waals surface area contributed by atoms with Crippen LogP contribution in [0.3, 0.4) is 0 Å². The summed E-state index contributed by atoms with van der Waals surface area (Å²) in [6.07, 6.45) is 0.689. The maximum Gasteiger partial charge on any atom is 0.239 e. The van der Waals surface area contributed by atoms with Crippen LogP contribution >= 0.6 is 15.9 Å². The van der Waals surface area contributed by atoms with Gasteiger partial charge in [0.1, 0.15) is 0 Å². The van der Waals surface area contributed by atoms with E-state index in [0.717, 1.165) is 38.3 Å². The van der Waals surface area contributed by atoms with Gasteiger partial charge in [-0.3, -0.25) is 0 Å². The second-order valence-corrected chi connectivity index (χ2v) is 7.52. The average Bonchev–Trinajstić information content (AvgIpc) is 2.36. The molecule has 1 aliphatic heterocycles. The highest BCUT2D eigenvalue weighted by Gasteiger charge is 2.19. The molecule has 1 aromatic carbocycles. The number of nitrogens with zero attached hydrogens (tertiary/aromatic N) is 2. The van der Waals surface area contributed by atoms with Gasteiger partial charge in [0.25, 0.3) is 0 Å². The minimum absolute atomic E-state index is 0.217. The van der Waals surface area contributed by atoms with Gasteiger partial charge in [-0.1, -0.05) is 12.1 Å². The van der Waals surface area contributed by atoms with Crippen LogP contribution in [0.5, 0.6) is 0 Å². The number of piperazine rings is 1. The first-order valence-electron chi connectivity index (χ1n) is 6.59. The Morgan fingerprint density at radius 1 is 1.25 bits per heavy atom. The molecule has 0 saturated carbocycles. The topological polar surface area (TPSA) is 66.6 Å². The van der Waals surface area contributed by atoms with Crippen LogP contribution in [0, 0.1) is 0 Å². The van der Waals surface area contributed by atoms with Gasteiger partial charge in [0.15, 0.2) is 0 Å². The van der Waals surface area contributed by atoms with E-state index in [9.17, 15) is 8.42 Å². The first-order chi connectivity index (χ1) is 9.38. The van der Waals surface area contributed by atoms with Crippen molar-refractivity contribution >= 4 is 26.0 Å². The van der Waals surface area contributed by atoms with Crippen molar-refractivity contribution in [2.75, 3.05) is 39.8 Å². The van der Waals surface area contributed by atoms with Crippen molar-refractivity contribution in [2.24, 2.45) is 5.14 Å². The van der Waals surface area contributed by atoms with Crippen molar-refractivity contribution in [3.05, 3.63) is 28.2 Å². The van der Waals surface area contributed by atoms with Crippen molar-refractivity contribution in [2.45, 2.75) is 11.3 Å². The zero-order valence-corrected chi connectivity index (χ0v) is 14.0. The lowest BCUT2D eigenvalue weighted by Gasteiger charge is -2.32. The van der Waals surface area contributed by atoms with E-state index in [2.05, 4.69) is 32.8 Å². The van der Waals surface area contributed by atoms with Crippen LogP contribution in [0.4, 0.5) is 0 Å². The molecule has 112 valence electrons. The Kier molecular flexibility index (Phi) is 5.19. The molecule has 0 spiro atoms. The number of sulfonamides is 1. The van der Waals surface area contributed by atoms with E-state index in [1.807, 2.05) is 12.1 Å². The fraction of sp³-hybridized carbons (Fsp3) is 0.538. The Labute approximate surface area is 128 Å². The Hall–Kier alpha value is -0.470. The molecule has 0 atom stereocenters. The number of benzene rings is 1. The summed E-state index contributed by atoms with van der Waals surface area (Å²) in [5, 5.41) is 5.31. The second-order valence-electron chi connectivity index (χ2n) is 5.17. The van der Waals surface area contributed by atoms with Crippen molar-refractivity contribution in [1.82, 2.24) is 9.80 Å². The number of likely N-dealkylation sites (N-methyl/N-ethyl adjacent to an activating group) is 1. The number of hydrogen-bond donors (Lipinski definition) is 1. The minimum Gasteiger partial charge on any atom is -0.304 e. The highest BCUT2D eigenvalue weighted by Crippen LogP contribution is 2.25. The van der Waals surface area contributed by atoms with E-state index in [4.69, 9.17) is 5.14 Å². The normalized spacial score (nSPS) is 18.4. The standard InChI is InChI=1S/C13H20BrN3O2S/c1-16-7-9-17(10-8-16)6-5-11-3-2-4-12(14)13(11)20(15,18)19/h2-4H,5-10H2,1H3,(H2,15,18,19). The molecule has 20 heavy (non-hydrogen) atoms. The van der Waals surface area contributed by atoms with Gasteiger partial charge >= 0.3 is 0 Å². The molecule has 2 rings (SSSR count). The maximum atomic E-state index is 11.7. The Balaban J connectivity index is 2.08. The molecule has 0 unspecified atom stereocenters. The van der Waals surface area contributed by atoms with Gasteiger partial charge < -0.3 is 9.80 Å². The molecule has 0 amide bonds. The molecule has 0 aromatic heterocycles. The maximum absolute atomic E-state index is 11.7. The molecule has 2 N–H and O–H groups in total. The summed E-state index contributed by atoms with van der Waals surface area (Å²) in [6, 6.07) is 5.39. The quantitative estimate of drug-likeness (QED) is 0.864. The van der Waals surface area contributed by atoms with E-state index in [-0.39, 0.29) is 4.90 Å². The summed E-state index contributed by atoms with van der Waals surface area (Å²) in [4.78, 5) is 4.87. The molecule has 1 aromatic rings. The van der Waals surface area contributed by atoms with E-state index in [1.54, 1.807) is 6.07 Å². The summed E-state index contributed by atoms with van der Waals surface area (Å²) in [6.45, 7) is 5.01. The fourth-order valence-electron chi connectivity index (χ4n) is 2.42. The third-order valence-electron chi connectivity index (χ3n) is 3.63. The third-order valence-corrected chi connectivity index (χ3v) is 5.60. The van der Waals surface area contributed by atoms with Gasteiger partial charge in [-0.2, -0.15) is 0 Å². The van der Waals surface area contributed by atoms with Crippen LogP contribution in [-0.4, -0.2) is 58.0 Å². The van der Waals surface area contributed by atoms with E-state index in [0.29, 0.717) is 10.9 Å². The molecular weight excluding hydrogens is 342 g/mol. The summed E-state index contributed by atoms with van der Waals surface area (Å²) < 4.78 is 23.9. The summed E-state index contributed by atoms with van der Waals surface area (Å²) >= 11 is 3.28. The third kappa shape index (κ3) is 4.02. The number of rotatable bonds is 4. The number of halogens is 1. The lowest BCUT2D eigenvalue weighted by atomic mass is 10.1. The summed E-state index contributed by atoms with van der Waals surface area (Å²) in [5.74, 6) is 0. The van der Waals surface area contributed by atoms with E-state index < -0.39 is 10.0 Å². The second kappa shape index (κ2) is 6.53. The lowest BCUT2D eigenvalue weighted by molar-refractivity contribution is 0.155. The van der Waals surface area contributed by atoms with Crippen LogP contribution in [-0.2, 0) is 16.4 Å². The largest absolute Gasteiger partial charge is 0.304 e. The molecular formula is C13H20BrN3O2S. The highest BCUT2D eigenvalue weighted by atomic mass is 79.9. The van der Waals surface area contributed by atoms with Crippen molar-refractivity contribution in [3.63, 3.8) is 0 Å². The molecule has 0 radical (unpaired) electrons. The lowest BCUT2D eigenvalue weighted by Crippen LogP contribution is -2.45. The van der Waals surface area contributed by atoms with Crippen molar-refractivity contribution < 1.29 is 8.42 Å². The molecule has 7 heteroatoms. The van der Waals surface area contributed by atoms with E-state index in [1.165, 1.54) is 0 Å². The summed E-state index contributed by atoms with van der Waals surface area (Å²) in [5.41, 5.74) is 0.779. The first kappa shape index (κ1) is 15.9. The predicted molar refractivity (Wildman–Crippen MR) is 83.2 cm³/mol. The average molecular weight is 362 g/mol. The molecule has 1 heterocycles. The van der Waals surface area contributed by atoms with Gasteiger partial charge in [-0.05, 0) is 41.0 Å². The Morgan fingerprint density at radius 2 is 1.90 bits per heavy atom. The van der Waals surface area contributed by atoms with Gasteiger partial charge in [-0.15, -0.1) is 0 Å². The van der Waals surface area contributed by atoms with Gasteiger partial charge in [0.05, 0.1) is 4.90 Å². The minimum atomic E-state index is -3.70. The first-order valence-corrected chi connectivity index (χ1v) is 8.93. The Morgan fingerprint density at radius 3 is 2.50 bits per heavy atom. The van der Waals surface area contributed by atoms with Crippen LogP contribution in [0.1, 0.15) is 5.56 Å². The van der Waals surface area contributed by atoms with Crippen LogP contribution in [0.25, 0.3) is 0 Å². The zero-order chi connectivity index (χ0) is 14.8. The molecule has 1 fully saturated rings. The SMILES string of the molecule is CN1CCN(CCc2cccc(Br)c2S(N)(=O)=O)CC1. The van der Waals surface area contributed by atoms with Crippen molar-refractivity contribution in [3.8, 4) is 0 Å². The number of primary sulfonamides is 1. The molecule has 0 aliphatic carbocycles. The van der Waals surface area contributed by atoms with Gasteiger partial charge in [0.2, 0.25) is 10.0 Å². The number of nitrogens with two attached hydrogens (primary N) is 1. The molecule has 1 saturated heterocycles. The fourth-order valence-corrected chi connectivity index (χ4v) is 4.38. The highest BCUT2D eigenvalue weighted by molar-refractivity contribution is 9.10. The predicted octanol–water partition coefficient (Wildman–Crippen LogP) is 0.886. The zero-order valence-electron chi connectivity index (χ0n) is 11.5. The van der Waals surface area contributed by atoms with Crippen LogP contribution in [0.15, 0.2) is 27.6 Å².